The molecule has 1 atom stereocenters. The number of hydrogen-bond acceptors (Lipinski definition) is 1. The van der Waals surface area contributed by atoms with Crippen LogP contribution in [0.4, 0.5) is 0 Å². The summed E-state index contributed by atoms with van der Waals surface area (Å²) in [6.07, 6.45) is 0. The van der Waals surface area contributed by atoms with Crippen LogP contribution in [0.25, 0.3) is 0 Å². The van der Waals surface area contributed by atoms with E-state index in [-0.39, 0.29) is 22.5 Å². The average Bonchev–Trinajstić information content (AvgIpc) is 3.30. The van der Waals surface area contributed by atoms with Gasteiger partial charge in [-0.05, 0) is 0 Å². The van der Waals surface area contributed by atoms with Crippen LogP contribution in [0.3, 0.4) is 0 Å². The summed E-state index contributed by atoms with van der Waals surface area (Å²) in [6, 6.07) is 22.1. The van der Waals surface area contributed by atoms with Crippen LogP contribution in [0.2, 0.25) is 0 Å². The number of nitrogens with zero attached hydrogens (tertiary/aromatic N) is 1. The van der Waals surface area contributed by atoms with Gasteiger partial charge in [0.25, 0.3) is 0 Å². The molecule has 3 aromatic rings. The van der Waals surface area contributed by atoms with Gasteiger partial charge in [-0.3, -0.25) is 0 Å². The minimum absolute atomic E-state index is 0. The van der Waals surface area contributed by atoms with Crippen molar-refractivity contribution in [1.82, 2.24) is 4.90 Å². The molecule has 0 fully saturated rings. The van der Waals surface area contributed by atoms with E-state index in [0.29, 0.717) is 21.0 Å². The Bertz CT molecular complexity index is 836. The van der Waals surface area contributed by atoms with E-state index in [1.54, 1.807) is 0 Å². The number of hydrogen-bond donors (Lipinski definition) is 0. The molecule has 3 heteroatoms. The quantitative estimate of drug-likeness (QED) is 0.363. The van der Waals surface area contributed by atoms with E-state index in [9.17, 15) is 0 Å². The van der Waals surface area contributed by atoms with Gasteiger partial charge in [0.05, 0.1) is 0 Å². The summed E-state index contributed by atoms with van der Waals surface area (Å²) in [4.78, 5) is 2.29. The number of aryl methyl sites for hydroxylation is 2. The van der Waals surface area contributed by atoms with E-state index in [2.05, 4.69) is 90.9 Å². The van der Waals surface area contributed by atoms with Crippen molar-refractivity contribution in [2.45, 2.75) is 53.0 Å². The van der Waals surface area contributed by atoms with Crippen LogP contribution < -0.4 is 8.92 Å². The molecule has 0 saturated heterocycles. The predicted molar refractivity (Wildman–Crippen MR) is 126 cm³/mol. The molecule has 1 unspecified atom stereocenters. The van der Waals surface area contributed by atoms with Crippen molar-refractivity contribution in [1.29, 1.82) is 0 Å². The molecule has 0 saturated carbocycles. The zero-order chi connectivity index (χ0) is 20.9. The van der Waals surface area contributed by atoms with E-state index in [1.165, 1.54) is 31.2 Å². The maximum atomic E-state index is 2.42. The van der Waals surface area contributed by atoms with Crippen LogP contribution in [-0.2, 0) is 22.5 Å². The monoisotopic (exact) mass is 497 g/mol. The van der Waals surface area contributed by atoms with Crippen LogP contribution in [0.5, 0.6) is 0 Å². The van der Waals surface area contributed by atoms with Gasteiger partial charge in [0.1, 0.15) is 0 Å². The molecule has 158 valence electrons. The summed E-state index contributed by atoms with van der Waals surface area (Å²) in [7, 11) is 4.31. The van der Waals surface area contributed by atoms with Crippen LogP contribution in [0, 0.1) is 13.8 Å². The molecule has 1 nitrogen and oxygen atoms in total. The van der Waals surface area contributed by atoms with Crippen molar-refractivity contribution in [3.05, 3.63) is 82.9 Å². The van der Waals surface area contributed by atoms with Crippen molar-refractivity contribution < 1.29 is 17.1 Å². The minimum atomic E-state index is 0. The van der Waals surface area contributed by atoms with E-state index in [0.717, 1.165) is 0 Å². The van der Waals surface area contributed by atoms with Gasteiger partial charge < -0.3 is 0 Å². The van der Waals surface area contributed by atoms with Crippen LogP contribution in [-0.4, -0.2) is 34.0 Å². The third-order valence-corrected chi connectivity index (χ3v) is 7.76. The Kier molecular flexibility index (Phi) is 10.2. The second-order valence-corrected chi connectivity index (χ2v) is 11.0. The first-order valence-corrected chi connectivity index (χ1v) is 11.7. The van der Waals surface area contributed by atoms with Gasteiger partial charge in [-0.1, -0.05) is 0 Å². The number of rotatable bonds is 4. The maximum Gasteiger partial charge on any atom is 2.00 e. The fourth-order valence-electron chi connectivity index (χ4n) is 3.28. The van der Waals surface area contributed by atoms with Crippen molar-refractivity contribution >= 4 is 23.9 Å². The molecule has 0 bridgehead atoms. The summed E-state index contributed by atoms with van der Waals surface area (Å²) in [6.45, 7) is 13.7. The van der Waals surface area contributed by atoms with Crippen LogP contribution in [0.15, 0.2) is 60.7 Å². The van der Waals surface area contributed by atoms with Gasteiger partial charge >= 0.3 is 166 Å². The zero-order valence-corrected chi connectivity index (χ0v) is 21.9. The topological polar surface area (TPSA) is 3.24 Å². The number of benzene rings is 1. The molecule has 0 aliphatic rings. The molecule has 0 aliphatic heterocycles. The molecule has 3 rings (SSSR count). The minimum Gasteiger partial charge on any atom is -0.214 e. The molecule has 0 radical (unpaired) electrons. The van der Waals surface area contributed by atoms with E-state index in [4.69, 9.17) is 0 Å². The molecule has 3 aromatic carbocycles. The Morgan fingerprint density at radius 2 is 1.62 bits per heavy atom. The summed E-state index contributed by atoms with van der Waals surface area (Å²) in [5.74, 6) is 0. The van der Waals surface area contributed by atoms with Gasteiger partial charge in [-0.15, -0.1) is 0 Å². The third kappa shape index (κ3) is 7.28. The summed E-state index contributed by atoms with van der Waals surface area (Å²) >= 11 is 0.369. The van der Waals surface area contributed by atoms with Crippen molar-refractivity contribution in [3.8, 4) is 0 Å². The smallest absolute Gasteiger partial charge is 0.214 e. The zero-order valence-electron chi connectivity index (χ0n) is 19.1. The molecule has 29 heavy (non-hydrogen) atoms. The Balaban J connectivity index is 0.000000610. The van der Waals surface area contributed by atoms with Crippen molar-refractivity contribution in [3.63, 3.8) is 0 Å². The Morgan fingerprint density at radius 1 is 1.00 bits per heavy atom. The summed E-state index contributed by atoms with van der Waals surface area (Å²) in [5.41, 5.74) is 6.02. The van der Waals surface area contributed by atoms with E-state index in [1.807, 2.05) is 30.3 Å². The molecule has 0 amide bonds. The van der Waals surface area contributed by atoms with Crippen molar-refractivity contribution in [2.75, 3.05) is 14.1 Å². The fourth-order valence-corrected chi connectivity index (χ4v) is 5.79. The average molecular weight is 496 g/mol. The van der Waals surface area contributed by atoms with Gasteiger partial charge in [-0.25, -0.2) is 12.1 Å². The Labute approximate surface area is 195 Å². The Hall–Kier alpha value is -1.08. The first kappa shape index (κ1) is 26.0. The third-order valence-electron chi connectivity index (χ3n) is 5.14. The summed E-state index contributed by atoms with van der Waals surface area (Å²) < 4.78 is 3.03. The van der Waals surface area contributed by atoms with Crippen LogP contribution >= 0.6 is 0 Å². The predicted octanol–water partition coefficient (Wildman–Crippen LogP) is 5.00. The van der Waals surface area contributed by atoms with E-state index < -0.39 is 0 Å². The molecule has 0 aliphatic carbocycles. The summed E-state index contributed by atoms with van der Waals surface area (Å²) in [5, 5.41) is 0. The molecular weight excluding hydrogens is 461 g/mol. The second-order valence-electron chi connectivity index (χ2n) is 8.73. The van der Waals surface area contributed by atoms with Crippen molar-refractivity contribution in [2.24, 2.45) is 0 Å². The molecule has 0 spiro atoms. The Morgan fingerprint density at radius 3 is 2.10 bits per heavy atom. The van der Waals surface area contributed by atoms with Crippen LogP contribution in [0.1, 0.15) is 56.0 Å². The van der Waals surface area contributed by atoms with Gasteiger partial charge in [-0.2, -0.15) is 18.2 Å². The second kappa shape index (κ2) is 11.3. The van der Waals surface area contributed by atoms with Gasteiger partial charge in [0, 0.05) is 0 Å². The normalized spacial score (nSPS) is 12.2. The van der Waals surface area contributed by atoms with Gasteiger partial charge in [0.2, 0.25) is 0 Å². The molecule has 0 N–H and O–H groups in total. The van der Waals surface area contributed by atoms with Gasteiger partial charge in [0.15, 0.2) is 0 Å². The maximum absolute atomic E-state index is 2.42. The first-order valence-electron chi connectivity index (χ1n) is 9.99. The molecule has 0 heterocycles. The molecule has 0 aromatic heterocycles. The first-order chi connectivity index (χ1) is 13.1. The van der Waals surface area contributed by atoms with E-state index >= 15 is 0 Å². The largest absolute Gasteiger partial charge is 2.00 e. The molecular formula is C26H35FeNSe. The standard InChI is InChI=1S/C21H30NSe.C5H5.Fe/c1-14-13-20(15(2)12-18(14)21(4,5)6)23-19-11-9-10-17(19)16(3)22(7)8;1-2-4-5-3-1;/h9-13,16H,1-8H3;1-5H;/q2*-1;+2. The fraction of sp³-hybridized carbons (Fsp3) is 0.385. The SMILES string of the molecule is Cc1cc(C(C)(C)C)c(C)cc1[Se]c1ccc[c-]1C(C)N(C)C.[Fe+2].c1cc[cH-]c1.